The number of hydrogen-bond donors (Lipinski definition) is 1. The number of thioether (sulfide) groups is 1. The number of carbonyl (C=O) groups excluding carboxylic acids is 2. The molecule has 3 rings (SSSR count). The number of nitrogens with zero attached hydrogens (tertiary/aromatic N) is 3. The lowest BCUT2D eigenvalue weighted by molar-refractivity contribution is -0.120. The third kappa shape index (κ3) is 4.28. The fourth-order valence-electron chi connectivity index (χ4n) is 3.31. The summed E-state index contributed by atoms with van der Waals surface area (Å²) in [4.78, 5) is 29.7. The third-order valence-electron chi connectivity index (χ3n) is 4.81. The molecular formula is C22H22N4O2S. The number of benzene rings is 2. The molecule has 1 amide bonds. The molecular weight excluding hydrogens is 384 g/mol. The van der Waals surface area contributed by atoms with Crippen LogP contribution in [-0.2, 0) is 9.59 Å². The average Bonchev–Trinajstić information content (AvgIpc) is 2.99. The molecule has 1 N–H and O–H groups in total. The van der Waals surface area contributed by atoms with E-state index in [1.54, 1.807) is 11.8 Å². The largest absolute Gasteiger partial charge is 0.328 e. The van der Waals surface area contributed by atoms with Crippen molar-refractivity contribution in [2.24, 2.45) is 0 Å². The molecule has 1 aliphatic heterocycles. The second kappa shape index (κ2) is 8.84. The topological polar surface area (TPSA) is 76.4 Å². The minimum Gasteiger partial charge on any atom is -0.328 e. The zero-order valence-corrected chi connectivity index (χ0v) is 17.4. The van der Waals surface area contributed by atoms with E-state index in [1.807, 2.05) is 84.8 Å². The summed E-state index contributed by atoms with van der Waals surface area (Å²) in [5.41, 5.74) is 2.60. The van der Waals surface area contributed by atoms with Crippen LogP contribution in [-0.4, -0.2) is 32.0 Å². The van der Waals surface area contributed by atoms with Gasteiger partial charge in [0, 0.05) is 37.5 Å². The highest BCUT2D eigenvalue weighted by Crippen LogP contribution is 2.40. The number of allylic oxidation sites excluding steroid dienone is 1. The zero-order chi connectivity index (χ0) is 21.0. The van der Waals surface area contributed by atoms with Crippen LogP contribution in [0.25, 0.3) is 0 Å². The maximum atomic E-state index is 12.7. The molecule has 0 atom stereocenters. The van der Waals surface area contributed by atoms with Gasteiger partial charge >= 0.3 is 0 Å². The molecule has 2 aromatic carbocycles. The smallest absolute Gasteiger partial charge is 0.224 e. The van der Waals surface area contributed by atoms with E-state index in [0.29, 0.717) is 11.5 Å². The molecule has 2 aromatic rings. The number of nitriles is 1. The number of rotatable bonds is 6. The first-order valence-electron chi connectivity index (χ1n) is 9.14. The first-order valence-corrected chi connectivity index (χ1v) is 10.4. The van der Waals surface area contributed by atoms with Crippen molar-refractivity contribution in [3.63, 3.8) is 0 Å². The van der Waals surface area contributed by atoms with E-state index in [2.05, 4.69) is 5.32 Å². The van der Waals surface area contributed by atoms with Gasteiger partial charge in [-0.3, -0.25) is 9.59 Å². The highest BCUT2D eigenvalue weighted by atomic mass is 32.2. The van der Waals surface area contributed by atoms with Crippen LogP contribution in [0.3, 0.4) is 0 Å². The molecule has 0 saturated heterocycles. The molecule has 148 valence electrons. The normalized spacial score (nSPS) is 12.4. The number of nitrogens with one attached hydrogen (secondary N) is 1. The van der Waals surface area contributed by atoms with Crippen LogP contribution >= 0.6 is 11.8 Å². The number of anilines is 3. The average molecular weight is 407 g/mol. The van der Waals surface area contributed by atoms with Crippen LogP contribution in [0.2, 0.25) is 0 Å². The molecule has 0 fully saturated rings. The number of ketones is 1. The number of Topliss-reactive ketones (excluding diaryl/α,β-unsaturated/α-hetero) is 1. The molecule has 0 aliphatic carbocycles. The van der Waals surface area contributed by atoms with Crippen molar-refractivity contribution < 1.29 is 9.59 Å². The number of fused-ring (bicyclic) bond motifs is 1. The maximum absolute atomic E-state index is 12.7. The fraction of sp³-hybridized carbons (Fsp3) is 0.227. The second-order valence-electron chi connectivity index (χ2n) is 6.62. The molecule has 0 bridgehead atoms. The second-order valence-corrected chi connectivity index (χ2v) is 7.50. The summed E-state index contributed by atoms with van der Waals surface area (Å²) >= 11 is 1.62. The van der Waals surface area contributed by atoms with Crippen LogP contribution in [0.5, 0.6) is 0 Å². The van der Waals surface area contributed by atoms with E-state index in [0.717, 1.165) is 16.3 Å². The van der Waals surface area contributed by atoms with E-state index in [-0.39, 0.29) is 30.1 Å². The summed E-state index contributed by atoms with van der Waals surface area (Å²) < 4.78 is 0. The summed E-state index contributed by atoms with van der Waals surface area (Å²) in [6.07, 6.45) is 1.97. The van der Waals surface area contributed by atoms with E-state index in [9.17, 15) is 14.9 Å². The highest BCUT2D eigenvalue weighted by Gasteiger charge is 2.31. The molecule has 29 heavy (non-hydrogen) atoms. The van der Waals surface area contributed by atoms with Gasteiger partial charge < -0.3 is 15.1 Å². The van der Waals surface area contributed by atoms with Gasteiger partial charge in [0.25, 0.3) is 0 Å². The van der Waals surface area contributed by atoms with Crippen molar-refractivity contribution in [3.8, 4) is 6.07 Å². The predicted molar refractivity (Wildman–Crippen MR) is 117 cm³/mol. The van der Waals surface area contributed by atoms with Gasteiger partial charge in [-0.1, -0.05) is 12.1 Å². The quantitative estimate of drug-likeness (QED) is 0.444. The fourth-order valence-corrected chi connectivity index (χ4v) is 3.72. The van der Waals surface area contributed by atoms with Crippen LogP contribution < -0.4 is 15.1 Å². The lowest BCUT2D eigenvalue weighted by Crippen LogP contribution is -2.26. The van der Waals surface area contributed by atoms with Crippen molar-refractivity contribution in [2.75, 3.05) is 35.5 Å². The first-order chi connectivity index (χ1) is 14.0. The Hall–Kier alpha value is -3.24. The SMILES string of the molecule is CSc1ccc(NC(=O)CCC(=O)C(C#N)=C2N(C)c3ccccc3N2C)cc1. The van der Waals surface area contributed by atoms with Gasteiger partial charge in [-0.15, -0.1) is 11.8 Å². The number of carbonyl (C=O) groups is 2. The summed E-state index contributed by atoms with van der Waals surface area (Å²) in [6, 6.07) is 17.2. The number of hydrogen-bond acceptors (Lipinski definition) is 6. The monoisotopic (exact) mass is 406 g/mol. The van der Waals surface area contributed by atoms with Crippen molar-refractivity contribution in [1.82, 2.24) is 0 Å². The highest BCUT2D eigenvalue weighted by molar-refractivity contribution is 7.98. The van der Waals surface area contributed by atoms with E-state index < -0.39 is 0 Å². The van der Waals surface area contributed by atoms with E-state index >= 15 is 0 Å². The van der Waals surface area contributed by atoms with Crippen molar-refractivity contribution in [3.05, 3.63) is 59.9 Å². The van der Waals surface area contributed by atoms with Crippen molar-refractivity contribution in [2.45, 2.75) is 17.7 Å². The molecule has 0 unspecified atom stereocenters. The first kappa shape index (κ1) is 20.5. The van der Waals surface area contributed by atoms with Crippen LogP contribution in [0.1, 0.15) is 12.8 Å². The molecule has 1 heterocycles. The van der Waals surface area contributed by atoms with Gasteiger partial charge in [-0.2, -0.15) is 5.26 Å². The molecule has 7 heteroatoms. The zero-order valence-electron chi connectivity index (χ0n) is 16.6. The van der Waals surface area contributed by atoms with E-state index in [4.69, 9.17) is 0 Å². The van der Waals surface area contributed by atoms with E-state index in [1.165, 1.54) is 0 Å². The number of amides is 1. The van der Waals surface area contributed by atoms with Gasteiger partial charge in [0.2, 0.25) is 5.91 Å². The molecule has 0 spiro atoms. The maximum Gasteiger partial charge on any atom is 0.224 e. The Morgan fingerprint density at radius 1 is 1.00 bits per heavy atom. The third-order valence-corrected chi connectivity index (χ3v) is 5.55. The Balaban J connectivity index is 1.68. The Labute approximate surface area is 174 Å². The van der Waals surface area contributed by atoms with Gasteiger partial charge in [0.15, 0.2) is 5.78 Å². The Morgan fingerprint density at radius 3 is 2.10 bits per heavy atom. The van der Waals surface area contributed by atoms with Crippen LogP contribution in [0.15, 0.2) is 64.8 Å². The predicted octanol–water partition coefficient (Wildman–Crippen LogP) is 4.02. The molecule has 0 radical (unpaired) electrons. The lowest BCUT2D eigenvalue weighted by atomic mass is 10.1. The summed E-state index contributed by atoms with van der Waals surface area (Å²) in [5.74, 6) is -0.0670. The van der Waals surface area contributed by atoms with Gasteiger partial charge in [0.1, 0.15) is 17.5 Å². The van der Waals surface area contributed by atoms with Gasteiger partial charge in [-0.25, -0.2) is 0 Å². The summed E-state index contributed by atoms with van der Waals surface area (Å²) in [6.45, 7) is 0. The Bertz CT molecular complexity index is 977. The molecule has 6 nitrogen and oxygen atoms in total. The lowest BCUT2D eigenvalue weighted by Gasteiger charge is -2.19. The van der Waals surface area contributed by atoms with Crippen LogP contribution in [0.4, 0.5) is 17.1 Å². The molecule has 0 saturated carbocycles. The molecule has 0 aromatic heterocycles. The standard InChI is InChI=1S/C22H22N4O2S/c1-25-18-6-4-5-7-19(18)26(2)22(25)17(14-23)20(27)12-13-21(28)24-15-8-10-16(29-3)11-9-15/h4-11H,12-13H2,1-3H3,(H,24,28). The molecule has 1 aliphatic rings. The van der Waals surface area contributed by atoms with Gasteiger partial charge in [0.05, 0.1) is 11.4 Å². The minimum atomic E-state index is -0.345. The number of para-hydroxylation sites is 2. The van der Waals surface area contributed by atoms with Gasteiger partial charge in [-0.05, 0) is 42.7 Å². The summed E-state index contributed by atoms with van der Waals surface area (Å²) in [7, 11) is 3.65. The van der Waals surface area contributed by atoms with Crippen molar-refractivity contribution in [1.29, 1.82) is 5.26 Å². The summed E-state index contributed by atoms with van der Waals surface area (Å²) in [5, 5.41) is 12.4. The Kier molecular flexibility index (Phi) is 6.25. The van der Waals surface area contributed by atoms with Crippen molar-refractivity contribution >= 4 is 40.5 Å². The van der Waals surface area contributed by atoms with Crippen LogP contribution in [0, 0.1) is 11.3 Å². The Morgan fingerprint density at radius 2 is 1.59 bits per heavy atom. The minimum absolute atomic E-state index is 0.0158.